The lowest BCUT2D eigenvalue weighted by molar-refractivity contribution is -0.149. The molecular formula is C41H50N4O7. The summed E-state index contributed by atoms with van der Waals surface area (Å²) in [4.78, 5) is 63.1. The van der Waals surface area contributed by atoms with Gasteiger partial charge in [0.15, 0.2) is 0 Å². The number of fused-ring (bicyclic) bond motifs is 2. The predicted molar refractivity (Wildman–Crippen MR) is 198 cm³/mol. The number of carboxylic acid groups (broad SMARTS) is 1. The van der Waals surface area contributed by atoms with Crippen molar-refractivity contribution in [1.82, 2.24) is 20.1 Å². The maximum Gasteiger partial charge on any atom is 0.329 e. The van der Waals surface area contributed by atoms with Gasteiger partial charge in [0.1, 0.15) is 29.2 Å². The van der Waals surface area contributed by atoms with Crippen molar-refractivity contribution in [2.75, 3.05) is 26.7 Å². The molecule has 4 heterocycles. The number of amides is 3. The molecule has 4 atom stereocenters. The van der Waals surface area contributed by atoms with Gasteiger partial charge < -0.3 is 29.7 Å². The summed E-state index contributed by atoms with van der Waals surface area (Å²) in [5, 5.41) is 13.7. The van der Waals surface area contributed by atoms with Crippen molar-refractivity contribution in [3.05, 3.63) is 66.7 Å². The Morgan fingerprint density at radius 1 is 0.981 bits per heavy atom. The van der Waals surface area contributed by atoms with E-state index in [4.69, 9.17) is 14.5 Å². The number of hydrogen-bond donors (Lipinski definition) is 2. The van der Waals surface area contributed by atoms with Gasteiger partial charge in [-0.05, 0) is 64.0 Å². The third kappa shape index (κ3) is 8.57. The predicted octanol–water partition coefficient (Wildman–Crippen LogP) is 6.15. The largest absolute Gasteiger partial charge is 0.497 e. The van der Waals surface area contributed by atoms with E-state index >= 15 is 0 Å². The van der Waals surface area contributed by atoms with Crippen molar-refractivity contribution in [3.63, 3.8) is 0 Å². The summed E-state index contributed by atoms with van der Waals surface area (Å²) in [6, 6.07) is 16.2. The second-order valence-electron chi connectivity index (χ2n) is 14.5. The molecule has 2 fully saturated rings. The van der Waals surface area contributed by atoms with Crippen molar-refractivity contribution >= 4 is 34.6 Å². The highest BCUT2D eigenvalue weighted by atomic mass is 16.5. The van der Waals surface area contributed by atoms with Crippen LogP contribution in [0.5, 0.6) is 11.5 Å². The molecule has 2 aromatic carbocycles. The van der Waals surface area contributed by atoms with Gasteiger partial charge in [-0.1, -0.05) is 55.3 Å². The fraction of sp³-hybridized carbons (Fsp3) is 0.488. The minimum absolute atomic E-state index is 0.0301. The highest BCUT2D eigenvalue weighted by Crippen LogP contribution is 2.35. The van der Waals surface area contributed by atoms with Crippen molar-refractivity contribution in [1.29, 1.82) is 0 Å². The molecule has 0 radical (unpaired) electrons. The molecule has 11 heteroatoms. The number of carbonyl (C=O) groups excluding carboxylic acids is 3. The third-order valence-electron chi connectivity index (χ3n) is 10.7. The fourth-order valence-electron chi connectivity index (χ4n) is 7.56. The molecule has 0 spiro atoms. The number of likely N-dealkylation sites (tertiary alicyclic amines) is 1. The maximum atomic E-state index is 14.6. The number of methoxy groups -OCH3 is 1. The van der Waals surface area contributed by atoms with Crippen LogP contribution in [0.3, 0.4) is 0 Å². The number of hydrogen-bond acceptors (Lipinski definition) is 7. The van der Waals surface area contributed by atoms with Gasteiger partial charge in [-0.15, -0.1) is 0 Å². The number of rotatable bonds is 7. The Hall–Kier alpha value is -4.93. The molecule has 276 valence electrons. The van der Waals surface area contributed by atoms with Gasteiger partial charge in [-0.2, -0.15) is 0 Å². The molecule has 2 saturated heterocycles. The van der Waals surface area contributed by atoms with Gasteiger partial charge in [0.05, 0.1) is 24.9 Å². The lowest BCUT2D eigenvalue weighted by atomic mass is 9.94. The summed E-state index contributed by atoms with van der Waals surface area (Å²) in [5.41, 5.74) is 0.683. The zero-order valence-electron chi connectivity index (χ0n) is 30.2. The van der Waals surface area contributed by atoms with Crippen LogP contribution in [-0.2, 0) is 19.2 Å². The molecular weight excluding hydrogens is 660 g/mol. The molecule has 0 saturated carbocycles. The first kappa shape index (κ1) is 36.8. The van der Waals surface area contributed by atoms with E-state index in [1.54, 1.807) is 7.11 Å². The van der Waals surface area contributed by atoms with Crippen LogP contribution in [0.4, 0.5) is 0 Å². The van der Waals surface area contributed by atoms with Gasteiger partial charge in [-0.3, -0.25) is 14.4 Å². The smallest absolute Gasteiger partial charge is 0.329 e. The highest BCUT2D eigenvalue weighted by Gasteiger charge is 2.46. The number of nitrogens with one attached hydrogen (secondary N) is 1. The number of aromatic nitrogens is 1. The molecule has 11 nitrogen and oxygen atoms in total. The lowest BCUT2D eigenvalue weighted by Gasteiger charge is -2.32. The van der Waals surface area contributed by atoms with E-state index in [1.165, 1.54) is 11.8 Å². The lowest BCUT2D eigenvalue weighted by Crippen LogP contribution is -2.57. The molecule has 3 aliphatic heterocycles. The second-order valence-corrected chi connectivity index (χ2v) is 14.5. The maximum absolute atomic E-state index is 14.6. The molecule has 1 aromatic heterocycles. The van der Waals surface area contributed by atoms with E-state index < -0.39 is 35.5 Å². The number of ether oxygens (including phenoxy) is 2. The third-order valence-corrected chi connectivity index (χ3v) is 10.7. The molecule has 1 unspecified atom stereocenters. The first-order valence-corrected chi connectivity index (χ1v) is 18.6. The van der Waals surface area contributed by atoms with Crippen molar-refractivity contribution in [2.24, 2.45) is 5.92 Å². The molecule has 3 aliphatic rings. The zero-order chi connectivity index (χ0) is 36.7. The molecule has 52 heavy (non-hydrogen) atoms. The number of aliphatic carboxylic acids is 1. The monoisotopic (exact) mass is 710 g/mol. The van der Waals surface area contributed by atoms with Gasteiger partial charge in [0.2, 0.25) is 17.7 Å². The van der Waals surface area contributed by atoms with Crippen LogP contribution in [0.2, 0.25) is 0 Å². The Labute approximate surface area is 305 Å². The Bertz CT molecular complexity index is 1790. The summed E-state index contributed by atoms with van der Waals surface area (Å²) < 4.78 is 12.2. The summed E-state index contributed by atoms with van der Waals surface area (Å²) >= 11 is 0. The first-order chi connectivity index (χ1) is 25.1. The second kappa shape index (κ2) is 16.6. The number of piperidine rings is 1. The normalized spacial score (nSPS) is 24.8. The van der Waals surface area contributed by atoms with E-state index in [0.717, 1.165) is 55.9 Å². The number of pyridine rings is 1. The Morgan fingerprint density at radius 2 is 1.75 bits per heavy atom. The van der Waals surface area contributed by atoms with Crippen LogP contribution >= 0.6 is 0 Å². The first-order valence-electron chi connectivity index (χ1n) is 18.6. The van der Waals surface area contributed by atoms with E-state index in [1.807, 2.05) is 71.6 Å². The molecule has 3 amide bonds. The van der Waals surface area contributed by atoms with Crippen LogP contribution in [0.15, 0.2) is 66.7 Å². The summed E-state index contributed by atoms with van der Waals surface area (Å²) in [6.07, 6.45) is 10.3. The van der Waals surface area contributed by atoms with Gasteiger partial charge in [-0.25, -0.2) is 9.78 Å². The number of nitrogens with zero attached hydrogens (tertiary/aromatic N) is 3. The van der Waals surface area contributed by atoms with Crippen molar-refractivity contribution in [3.8, 4) is 22.8 Å². The number of benzene rings is 2. The molecule has 6 rings (SSSR count). The molecule has 2 N–H and O–H groups in total. The van der Waals surface area contributed by atoms with Gasteiger partial charge in [0.25, 0.3) is 0 Å². The van der Waals surface area contributed by atoms with Gasteiger partial charge in [0, 0.05) is 54.9 Å². The quantitative estimate of drug-likeness (QED) is 0.279. The zero-order valence-corrected chi connectivity index (χ0v) is 30.2. The van der Waals surface area contributed by atoms with Crippen LogP contribution in [0.1, 0.15) is 77.6 Å². The average Bonchev–Trinajstić information content (AvgIpc) is 3.58. The summed E-state index contributed by atoms with van der Waals surface area (Å²) in [6.45, 7) is 2.99. The SMILES string of the molecule is COc1ccc2c(O[C@@H]3C[C@H]4C(=O)NC(C)(C(=O)O)CC=CCCCCC[C@H](CC(=O)N5CCCCC5)C(=O)N4C3)cc(-c3ccccc3)nc2c1. The van der Waals surface area contributed by atoms with Crippen LogP contribution in [0, 0.1) is 5.92 Å². The minimum Gasteiger partial charge on any atom is -0.497 e. The topological polar surface area (TPSA) is 138 Å². The number of allylic oxidation sites excluding steroid dienone is 1. The minimum atomic E-state index is -1.57. The summed E-state index contributed by atoms with van der Waals surface area (Å²) in [5.74, 6) is -1.42. The van der Waals surface area contributed by atoms with Crippen LogP contribution in [-0.4, -0.2) is 88.0 Å². The van der Waals surface area contributed by atoms with E-state index in [0.29, 0.717) is 42.2 Å². The fourth-order valence-corrected chi connectivity index (χ4v) is 7.56. The van der Waals surface area contributed by atoms with Crippen molar-refractivity contribution < 1.29 is 33.8 Å². The highest BCUT2D eigenvalue weighted by molar-refractivity contribution is 5.94. The molecule has 3 aromatic rings. The van der Waals surface area contributed by atoms with Crippen LogP contribution in [0.25, 0.3) is 22.2 Å². The van der Waals surface area contributed by atoms with Gasteiger partial charge >= 0.3 is 5.97 Å². The summed E-state index contributed by atoms with van der Waals surface area (Å²) in [7, 11) is 1.60. The van der Waals surface area contributed by atoms with Crippen LogP contribution < -0.4 is 14.8 Å². The Balaban J connectivity index is 1.34. The number of carboxylic acids is 1. The number of carbonyl (C=O) groups is 4. The Kier molecular flexibility index (Phi) is 11.8. The van der Waals surface area contributed by atoms with E-state index in [2.05, 4.69) is 5.32 Å². The molecule has 0 bridgehead atoms. The average molecular weight is 711 g/mol. The standard InChI is InChI=1S/C41H50N4O7/c1-41(40(49)50)20-12-6-4-3-5-9-17-29(23-37(46)44-21-13-8-14-22-44)39(48)45-27-31(25-35(45)38(47)43-41)52-36-26-33(28-15-10-7-11-16-28)42-34-24-30(51-2)18-19-32(34)36/h6-7,10-12,15-16,18-19,24,26,29,31,35H,3-5,8-9,13-14,17,20-23,25,27H2,1-2H3,(H,43,47)(H,49,50)/t29-,31-,35+,41?/m1/s1. The van der Waals surface area contributed by atoms with E-state index in [-0.39, 0.29) is 37.6 Å². The van der Waals surface area contributed by atoms with Crippen molar-refractivity contribution in [2.45, 2.75) is 95.2 Å². The Morgan fingerprint density at radius 3 is 2.50 bits per heavy atom. The van der Waals surface area contributed by atoms with E-state index in [9.17, 15) is 24.3 Å². The molecule has 0 aliphatic carbocycles.